The molecule has 27 heavy (non-hydrogen) atoms. The number of piperazine rings is 1. The van der Waals surface area contributed by atoms with Crippen LogP contribution in [0.15, 0.2) is 61.1 Å². The Labute approximate surface area is 157 Å². The number of hydrogen-bond acceptors (Lipinski definition) is 5. The fourth-order valence-corrected chi connectivity index (χ4v) is 3.01. The van der Waals surface area contributed by atoms with Gasteiger partial charge in [0.2, 0.25) is 11.9 Å². The maximum atomic E-state index is 12.4. The zero-order valence-electron chi connectivity index (χ0n) is 14.8. The van der Waals surface area contributed by atoms with E-state index < -0.39 is 0 Å². The molecule has 1 aliphatic heterocycles. The average molecular weight is 360 g/mol. The van der Waals surface area contributed by atoms with E-state index in [9.17, 15) is 4.79 Å². The molecule has 1 N–H and O–H groups in total. The minimum atomic E-state index is -0.000471. The second kappa shape index (κ2) is 7.82. The summed E-state index contributed by atoms with van der Waals surface area (Å²) in [7, 11) is 0. The summed E-state index contributed by atoms with van der Waals surface area (Å²) in [5.41, 5.74) is 1.82. The summed E-state index contributed by atoms with van der Waals surface area (Å²) < 4.78 is 0. The fourth-order valence-electron chi connectivity index (χ4n) is 3.01. The van der Waals surface area contributed by atoms with Gasteiger partial charge in [-0.3, -0.25) is 4.79 Å². The van der Waals surface area contributed by atoms with Crippen LogP contribution in [0.4, 0.5) is 5.95 Å². The SMILES string of the molecule is O=C(/C=C/c1cnc(-c2ccccc2)[nH]1)N1CCN(c2ncccn2)CC1. The van der Waals surface area contributed by atoms with Crippen molar-refractivity contribution in [2.45, 2.75) is 0 Å². The molecule has 136 valence electrons. The molecular formula is C20H20N6O. The molecule has 1 amide bonds. The molecule has 0 spiro atoms. The molecule has 1 saturated heterocycles. The summed E-state index contributed by atoms with van der Waals surface area (Å²) in [5.74, 6) is 1.50. The molecule has 1 aliphatic rings. The molecule has 0 bridgehead atoms. The van der Waals surface area contributed by atoms with Crippen molar-refractivity contribution in [3.8, 4) is 11.4 Å². The Hall–Kier alpha value is -3.48. The van der Waals surface area contributed by atoms with Gasteiger partial charge in [-0.1, -0.05) is 30.3 Å². The summed E-state index contributed by atoms with van der Waals surface area (Å²) in [6.45, 7) is 2.76. The number of nitrogens with zero attached hydrogens (tertiary/aromatic N) is 5. The van der Waals surface area contributed by atoms with Crippen LogP contribution in [0.3, 0.4) is 0 Å². The third-order valence-electron chi connectivity index (χ3n) is 4.47. The van der Waals surface area contributed by atoms with Gasteiger partial charge >= 0.3 is 0 Å². The van der Waals surface area contributed by atoms with Crippen LogP contribution in [0.5, 0.6) is 0 Å². The second-order valence-corrected chi connectivity index (χ2v) is 6.25. The lowest BCUT2D eigenvalue weighted by Crippen LogP contribution is -2.48. The quantitative estimate of drug-likeness (QED) is 0.722. The van der Waals surface area contributed by atoms with Crippen molar-refractivity contribution in [2.24, 2.45) is 0 Å². The molecule has 0 aliphatic carbocycles. The lowest BCUT2D eigenvalue weighted by atomic mass is 10.2. The maximum absolute atomic E-state index is 12.4. The highest BCUT2D eigenvalue weighted by Gasteiger charge is 2.21. The monoisotopic (exact) mass is 360 g/mol. The molecule has 0 unspecified atom stereocenters. The number of benzene rings is 1. The zero-order chi connectivity index (χ0) is 18.5. The van der Waals surface area contributed by atoms with Crippen molar-refractivity contribution in [3.05, 3.63) is 66.8 Å². The molecular weight excluding hydrogens is 340 g/mol. The Morgan fingerprint density at radius 1 is 0.963 bits per heavy atom. The first-order chi connectivity index (χ1) is 13.3. The Morgan fingerprint density at radius 3 is 2.44 bits per heavy atom. The van der Waals surface area contributed by atoms with Crippen molar-refractivity contribution < 1.29 is 4.79 Å². The van der Waals surface area contributed by atoms with Crippen LogP contribution in [0.2, 0.25) is 0 Å². The topological polar surface area (TPSA) is 78.0 Å². The first-order valence-electron chi connectivity index (χ1n) is 8.89. The first kappa shape index (κ1) is 17.0. The van der Waals surface area contributed by atoms with Crippen molar-refractivity contribution in [1.82, 2.24) is 24.8 Å². The number of nitrogens with one attached hydrogen (secondary N) is 1. The van der Waals surface area contributed by atoms with Gasteiger partial charge in [0.25, 0.3) is 0 Å². The van der Waals surface area contributed by atoms with E-state index in [-0.39, 0.29) is 5.91 Å². The van der Waals surface area contributed by atoms with Crippen LogP contribution in [-0.2, 0) is 4.79 Å². The maximum Gasteiger partial charge on any atom is 0.246 e. The van der Waals surface area contributed by atoms with E-state index in [1.165, 1.54) is 0 Å². The largest absolute Gasteiger partial charge is 0.338 e. The van der Waals surface area contributed by atoms with E-state index in [4.69, 9.17) is 0 Å². The molecule has 7 nitrogen and oxygen atoms in total. The smallest absolute Gasteiger partial charge is 0.246 e. The molecule has 0 atom stereocenters. The van der Waals surface area contributed by atoms with Crippen LogP contribution in [-0.4, -0.2) is 56.9 Å². The van der Waals surface area contributed by atoms with Gasteiger partial charge in [-0.2, -0.15) is 0 Å². The minimum absolute atomic E-state index is 0.000471. The Bertz CT molecular complexity index is 914. The standard InChI is InChI=1S/C20H20N6O/c27-18(25-11-13-26(14-12-25)20-21-9-4-10-22-20)8-7-17-15-23-19(24-17)16-5-2-1-3-6-16/h1-10,15H,11-14H2,(H,23,24)/b8-7+. The predicted octanol–water partition coefficient (Wildman–Crippen LogP) is 2.23. The number of imidazole rings is 1. The van der Waals surface area contributed by atoms with Crippen LogP contribution >= 0.6 is 0 Å². The van der Waals surface area contributed by atoms with Crippen molar-refractivity contribution >= 4 is 17.9 Å². The Balaban J connectivity index is 1.34. The molecule has 0 saturated carbocycles. The summed E-state index contributed by atoms with van der Waals surface area (Å²) in [6, 6.07) is 11.7. The summed E-state index contributed by atoms with van der Waals surface area (Å²) in [5, 5.41) is 0. The molecule has 7 heteroatoms. The van der Waals surface area contributed by atoms with E-state index in [2.05, 4.69) is 24.8 Å². The number of anilines is 1. The van der Waals surface area contributed by atoms with Crippen LogP contribution in [0.25, 0.3) is 17.5 Å². The second-order valence-electron chi connectivity index (χ2n) is 6.25. The molecule has 1 aromatic carbocycles. The molecule has 3 aromatic rings. The van der Waals surface area contributed by atoms with E-state index in [1.807, 2.05) is 35.2 Å². The van der Waals surface area contributed by atoms with E-state index >= 15 is 0 Å². The third kappa shape index (κ3) is 4.03. The highest BCUT2D eigenvalue weighted by molar-refractivity contribution is 5.91. The van der Waals surface area contributed by atoms with Crippen LogP contribution < -0.4 is 4.90 Å². The Morgan fingerprint density at radius 2 is 1.70 bits per heavy atom. The molecule has 1 fully saturated rings. The number of aromatic nitrogens is 4. The average Bonchev–Trinajstić information content (AvgIpc) is 3.22. The molecule has 3 heterocycles. The van der Waals surface area contributed by atoms with Crippen LogP contribution in [0, 0.1) is 0 Å². The van der Waals surface area contributed by atoms with Gasteiger partial charge in [-0.05, 0) is 12.1 Å². The minimum Gasteiger partial charge on any atom is -0.338 e. The fraction of sp³-hybridized carbons (Fsp3) is 0.200. The lowest BCUT2D eigenvalue weighted by molar-refractivity contribution is -0.126. The third-order valence-corrected chi connectivity index (χ3v) is 4.47. The number of amides is 1. The highest BCUT2D eigenvalue weighted by atomic mass is 16.2. The van der Waals surface area contributed by atoms with Gasteiger partial charge in [0.15, 0.2) is 0 Å². The number of carbonyl (C=O) groups excluding carboxylic acids is 1. The van der Waals surface area contributed by atoms with E-state index in [0.717, 1.165) is 30.2 Å². The van der Waals surface area contributed by atoms with E-state index in [0.29, 0.717) is 19.0 Å². The van der Waals surface area contributed by atoms with Gasteiger partial charge in [0.05, 0.1) is 11.9 Å². The van der Waals surface area contributed by atoms with E-state index in [1.54, 1.807) is 36.8 Å². The van der Waals surface area contributed by atoms with Gasteiger partial charge < -0.3 is 14.8 Å². The van der Waals surface area contributed by atoms with Crippen LogP contribution in [0.1, 0.15) is 5.69 Å². The number of hydrogen-bond donors (Lipinski definition) is 1. The Kier molecular flexibility index (Phi) is 4.91. The van der Waals surface area contributed by atoms with Gasteiger partial charge in [-0.15, -0.1) is 0 Å². The predicted molar refractivity (Wildman–Crippen MR) is 104 cm³/mol. The summed E-state index contributed by atoms with van der Waals surface area (Å²) in [4.78, 5) is 32.5. The van der Waals surface area contributed by atoms with Crippen molar-refractivity contribution in [1.29, 1.82) is 0 Å². The summed E-state index contributed by atoms with van der Waals surface area (Å²) in [6.07, 6.45) is 8.57. The number of rotatable bonds is 4. The first-order valence-corrected chi connectivity index (χ1v) is 8.89. The number of carbonyl (C=O) groups is 1. The van der Waals surface area contributed by atoms with Gasteiger partial charge in [0, 0.05) is 50.2 Å². The lowest BCUT2D eigenvalue weighted by Gasteiger charge is -2.34. The molecule has 0 radical (unpaired) electrons. The van der Waals surface area contributed by atoms with Gasteiger partial charge in [0.1, 0.15) is 5.82 Å². The molecule has 4 rings (SSSR count). The zero-order valence-corrected chi connectivity index (χ0v) is 14.8. The van der Waals surface area contributed by atoms with Gasteiger partial charge in [-0.25, -0.2) is 15.0 Å². The normalized spacial score (nSPS) is 14.7. The number of aromatic amines is 1. The highest BCUT2D eigenvalue weighted by Crippen LogP contribution is 2.15. The van der Waals surface area contributed by atoms with Crippen molar-refractivity contribution in [3.63, 3.8) is 0 Å². The number of H-pyrrole nitrogens is 1. The summed E-state index contributed by atoms with van der Waals surface area (Å²) >= 11 is 0. The van der Waals surface area contributed by atoms with Crippen molar-refractivity contribution in [2.75, 3.05) is 31.1 Å². The molecule has 2 aromatic heterocycles.